The Bertz CT molecular complexity index is 1240. The van der Waals surface area contributed by atoms with Gasteiger partial charge in [-0.1, -0.05) is 0 Å². The van der Waals surface area contributed by atoms with Gasteiger partial charge in [0.25, 0.3) is 0 Å². The van der Waals surface area contributed by atoms with Gasteiger partial charge in [0.2, 0.25) is 0 Å². The van der Waals surface area contributed by atoms with Crippen molar-refractivity contribution in [3.8, 4) is 0 Å². The molecule has 0 radical (unpaired) electrons. The summed E-state index contributed by atoms with van der Waals surface area (Å²) in [7, 11) is -0.730. The minimum atomic E-state index is -0.730. The average molecular weight is 672 g/mol. The number of hydrogen-bond donors (Lipinski definition) is 0. The van der Waals surface area contributed by atoms with E-state index in [1.54, 1.807) is 67.5 Å². The van der Waals surface area contributed by atoms with Gasteiger partial charge in [0, 0.05) is 3.57 Å². The second kappa shape index (κ2) is 12.1. The minimum Gasteiger partial charge on any atom is -0.456 e. The van der Waals surface area contributed by atoms with Crippen molar-refractivity contribution in [2.45, 2.75) is 105 Å². The first-order valence-corrected chi connectivity index (χ1v) is 14.1. The van der Waals surface area contributed by atoms with E-state index in [0.29, 0.717) is 16.6 Å². The smallest absolute Gasteiger partial charge is 0.456 e. The highest BCUT2D eigenvalue weighted by Crippen LogP contribution is 2.37. The lowest BCUT2D eigenvalue weighted by Gasteiger charge is -2.32. The molecule has 0 saturated carbocycles. The molecule has 1 aliphatic heterocycles. The number of ether oxygens (including phenoxy) is 2. The van der Waals surface area contributed by atoms with Crippen molar-refractivity contribution in [2.24, 2.45) is 0 Å². The largest absolute Gasteiger partial charge is 0.495 e. The zero-order chi connectivity index (χ0) is 31.0. The third kappa shape index (κ3) is 8.73. The molecule has 1 fully saturated rings. The van der Waals surface area contributed by atoms with Crippen LogP contribution in [0.2, 0.25) is 0 Å². The van der Waals surface area contributed by atoms with Crippen molar-refractivity contribution >= 4 is 47.1 Å². The van der Waals surface area contributed by atoms with Crippen molar-refractivity contribution in [1.82, 2.24) is 0 Å². The predicted octanol–water partition coefficient (Wildman–Crippen LogP) is 7.08. The van der Waals surface area contributed by atoms with E-state index in [2.05, 4.69) is 0 Å². The quantitative estimate of drug-likeness (QED) is 0.197. The molecule has 0 spiro atoms. The van der Waals surface area contributed by atoms with E-state index in [4.69, 9.17) is 18.8 Å². The second-order valence-corrected chi connectivity index (χ2v) is 14.0. The number of carbonyl (C=O) groups excluding carboxylic acids is 2. The maximum atomic E-state index is 14.4. The van der Waals surface area contributed by atoms with Crippen LogP contribution >= 0.6 is 22.6 Å². The number of benzene rings is 2. The number of carbonyl (C=O) groups is 2. The Morgan fingerprint density at radius 1 is 0.750 bits per heavy atom. The Kier molecular flexibility index (Phi) is 10.3. The molecular weight excluding hydrogens is 632 g/mol. The van der Waals surface area contributed by atoms with E-state index >= 15 is 0 Å². The van der Waals surface area contributed by atoms with Crippen LogP contribution in [0.1, 0.15) is 101 Å². The van der Waals surface area contributed by atoms with Crippen LogP contribution in [0.4, 0.5) is 8.78 Å². The number of halogens is 3. The van der Waals surface area contributed by atoms with Gasteiger partial charge in [-0.2, -0.15) is 0 Å². The molecule has 1 saturated heterocycles. The lowest BCUT2D eigenvalue weighted by atomic mass is 9.75. The SMILES string of the molecule is Cc1c(F)cc(C(=O)OC(C)(C)C)cc1B1OC(C)(C)C(C)(C)O1.Cc1c(F)cc(C(=O)OC(C)(C)C)cc1I. The van der Waals surface area contributed by atoms with Gasteiger partial charge in [0.1, 0.15) is 22.8 Å². The molecule has 0 amide bonds. The van der Waals surface area contributed by atoms with Crippen LogP contribution in [-0.4, -0.2) is 41.5 Å². The summed E-state index contributed by atoms with van der Waals surface area (Å²) in [6, 6.07) is 5.63. The van der Waals surface area contributed by atoms with Crippen LogP contribution in [0.25, 0.3) is 0 Å². The fourth-order valence-corrected chi connectivity index (χ4v) is 4.06. The third-order valence-corrected chi connectivity index (χ3v) is 7.56. The molecule has 2 aromatic carbocycles. The highest BCUT2D eigenvalue weighted by Gasteiger charge is 2.52. The standard InChI is InChI=1S/C18H26BFO4.C12H14FIO2/c1-11-13(19-23-17(5,6)18(7,8)24-19)9-12(10-14(11)20)15(21)22-16(2,3)4;1-7-9(13)5-8(6-10(7)14)11(15)16-12(2,3)4/h9-10H,1-8H3;5-6H,1-4H3. The summed E-state index contributed by atoms with van der Waals surface area (Å²) >= 11 is 2.00. The number of esters is 2. The van der Waals surface area contributed by atoms with Crippen molar-refractivity contribution in [1.29, 1.82) is 0 Å². The summed E-state index contributed by atoms with van der Waals surface area (Å²) < 4.78 is 51.0. The van der Waals surface area contributed by atoms with E-state index in [1.807, 2.05) is 50.3 Å². The molecule has 0 aromatic heterocycles. The number of rotatable bonds is 3. The molecule has 0 bridgehead atoms. The fraction of sp³-hybridized carbons (Fsp3) is 0.533. The molecule has 6 nitrogen and oxygen atoms in total. The summed E-state index contributed by atoms with van der Waals surface area (Å²) in [4.78, 5) is 24.0. The van der Waals surface area contributed by atoms with Gasteiger partial charge in [-0.15, -0.1) is 0 Å². The highest BCUT2D eigenvalue weighted by molar-refractivity contribution is 14.1. The molecule has 1 aliphatic rings. The average Bonchev–Trinajstić information content (AvgIpc) is 2.98. The Morgan fingerprint density at radius 2 is 1.12 bits per heavy atom. The minimum absolute atomic E-state index is 0.151. The molecule has 0 N–H and O–H groups in total. The molecule has 1 heterocycles. The molecule has 40 heavy (non-hydrogen) atoms. The molecule has 0 aliphatic carbocycles. The van der Waals surface area contributed by atoms with Crippen LogP contribution < -0.4 is 5.46 Å². The lowest BCUT2D eigenvalue weighted by molar-refractivity contribution is 0.00566. The number of hydrogen-bond acceptors (Lipinski definition) is 6. The summed E-state index contributed by atoms with van der Waals surface area (Å²) in [6.07, 6.45) is 0. The van der Waals surface area contributed by atoms with Crippen LogP contribution in [-0.2, 0) is 18.8 Å². The molecule has 0 atom stereocenters. The van der Waals surface area contributed by atoms with Crippen LogP contribution in [0, 0.1) is 29.1 Å². The van der Waals surface area contributed by atoms with E-state index < -0.39 is 47.3 Å². The Balaban J connectivity index is 0.000000305. The van der Waals surface area contributed by atoms with Gasteiger partial charge in [-0.05, 0) is 147 Å². The van der Waals surface area contributed by atoms with E-state index in [0.717, 1.165) is 3.57 Å². The summed E-state index contributed by atoms with van der Waals surface area (Å²) in [5, 5.41) is 0. The van der Waals surface area contributed by atoms with Crippen molar-refractivity contribution in [2.75, 3.05) is 0 Å². The Hall–Kier alpha value is -2.05. The van der Waals surface area contributed by atoms with Gasteiger partial charge < -0.3 is 18.8 Å². The highest BCUT2D eigenvalue weighted by atomic mass is 127. The molecular formula is C30H40BF2IO6. The van der Waals surface area contributed by atoms with Crippen molar-refractivity contribution in [3.05, 3.63) is 61.7 Å². The van der Waals surface area contributed by atoms with Crippen LogP contribution in [0.15, 0.2) is 24.3 Å². The maximum absolute atomic E-state index is 14.4. The zero-order valence-corrected chi connectivity index (χ0v) is 27.6. The first-order valence-electron chi connectivity index (χ1n) is 13.0. The monoisotopic (exact) mass is 672 g/mol. The van der Waals surface area contributed by atoms with Gasteiger partial charge in [-0.25, -0.2) is 18.4 Å². The zero-order valence-electron chi connectivity index (χ0n) is 25.5. The van der Waals surface area contributed by atoms with E-state index in [1.165, 1.54) is 12.1 Å². The van der Waals surface area contributed by atoms with Crippen LogP contribution in [0.5, 0.6) is 0 Å². The second-order valence-electron chi connectivity index (χ2n) is 12.8. The summed E-state index contributed by atoms with van der Waals surface area (Å²) in [5.74, 6) is -1.93. The van der Waals surface area contributed by atoms with Gasteiger partial charge in [0.05, 0.1) is 22.3 Å². The molecule has 0 unspecified atom stereocenters. The molecule has 2 aromatic rings. The van der Waals surface area contributed by atoms with Gasteiger partial charge in [0.15, 0.2) is 0 Å². The maximum Gasteiger partial charge on any atom is 0.495 e. The van der Waals surface area contributed by atoms with Gasteiger partial charge in [-0.3, -0.25) is 0 Å². The first kappa shape index (κ1) is 34.2. The predicted molar refractivity (Wildman–Crippen MR) is 161 cm³/mol. The lowest BCUT2D eigenvalue weighted by Crippen LogP contribution is -2.41. The fourth-order valence-electron chi connectivity index (χ4n) is 3.47. The van der Waals surface area contributed by atoms with Crippen molar-refractivity contribution in [3.63, 3.8) is 0 Å². The van der Waals surface area contributed by atoms with E-state index in [-0.39, 0.29) is 16.9 Å². The topological polar surface area (TPSA) is 71.1 Å². The van der Waals surface area contributed by atoms with Crippen molar-refractivity contribution < 1.29 is 37.2 Å². The summed E-state index contributed by atoms with van der Waals surface area (Å²) in [6.45, 7) is 21.7. The molecule has 220 valence electrons. The van der Waals surface area contributed by atoms with Gasteiger partial charge >= 0.3 is 19.1 Å². The third-order valence-electron chi connectivity index (χ3n) is 6.44. The molecule has 10 heteroatoms. The normalized spacial score (nSPS) is 16.2. The Labute approximate surface area is 250 Å². The summed E-state index contributed by atoms with van der Waals surface area (Å²) in [5.41, 5.74) is -0.430. The van der Waals surface area contributed by atoms with Crippen LogP contribution in [0.3, 0.4) is 0 Å². The first-order chi connectivity index (χ1) is 17.9. The molecule has 3 rings (SSSR count). The Morgan fingerprint density at radius 3 is 1.50 bits per heavy atom. The van der Waals surface area contributed by atoms with E-state index in [9.17, 15) is 18.4 Å².